The minimum Gasteiger partial charge on any atom is -0.240 e. The van der Waals surface area contributed by atoms with Gasteiger partial charge in [0.15, 0.2) is 0 Å². The minimum atomic E-state index is -2.59. The molecule has 7 heteroatoms. The van der Waals surface area contributed by atoms with Gasteiger partial charge in [0.2, 0.25) is 0 Å². The number of rotatable bonds is 2. The second-order valence-electron chi connectivity index (χ2n) is 3.51. The average Bonchev–Trinajstić information content (AvgIpc) is 2.43. The first-order valence-electron chi connectivity index (χ1n) is 4.58. The van der Waals surface area contributed by atoms with E-state index in [1.54, 1.807) is 16.4 Å². The summed E-state index contributed by atoms with van der Waals surface area (Å²) in [5.74, 6) is -2.59. The Kier molecular flexibility index (Phi) is 3.59. The highest BCUT2D eigenvalue weighted by atomic mass is 35.5. The van der Waals surface area contributed by atoms with Gasteiger partial charge in [0.25, 0.3) is 5.92 Å². The van der Waals surface area contributed by atoms with E-state index in [2.05, 4.69) is 4.98 Å². The van der Waals surface area contributed by atoms with Crippen LogP contribution in [0.5, 0.6) is 0 Å². The van der Waals surface area contributed by atoms with Crippen molar-refractivity contribution >= 4 is 35.1 Å². The van der Waals surface area contributed by atoms with Crippen molar-refractivity contribution in [2.75, 3.05) is 13.1 Å². The fourth-order valence-corrected chi connectivity index (χ4v) is 3.08. The second kappa shape index (κ2) is 4.64. The van der Waals surface area contributed by atoms with Crippen molar-refractivity contribution in [1.29, 1.82) is 0 Å². The summed E-state index contributed by atoms with van der Waals surface area (Å²) in [6, 6.07) is 3.21. The van der Waals surface area contributed by atoms with Gasteiger partial charge in [0.05, 0.1) is 6.54 Å². The summed E-state index contributed by atoms with van der Waals surface area (Å²) in [4.78, 5) is 4.51. The zero-order valence-electron chi connectivity index (χ0n) is 8.09. The summed E-state index contributed by atoms with van der Waals surface area (Å²) in [6.07, 6.45) is -0.105. The quantitative estimate of drug-likeness (QED) is 0.608. The van der Waals surface area contributed by atoms with Crippen LogP contribution in [0.2, 0.25) is 10.3 Å². The van der Waals surface area contributed by atoms with Crippen molar-refractivity contribution in [3.63, 3.8) is 0 Å². The number of pyridine rings is 1. The van der Waals surface area contributed by atoms with Crippen LogP contribution in [0.15, 0.2) is 17.0 Å². The van der Waals surface area contributed by atoms with Crippen molar-refractivity contribution in [2.45, 2.75) is 17.2 Å². The average molecular weight is 285 g/mol. The third-order valence-corrected chi connectivity index (χ3v) is 3.51. The van der Waals surface area contributed by atoms with Gasteiger partial charge in [-0.15, -0.1) is 0 Å². The van der Waals surface area contributed by atoms with Crippen LogP contribution >= 0.6 is 35.1 Å². The van der Waals surface area contributed by atoms with Gasteiger partial charge < -0.3 is 0 Å². The number of aromatic nitrogens is 1. The van der Waals surface area contributed by atoms with Gasteiger partial charge in [-0.2, -0.15) is 0 Å². The van der Waals surface area contributed by atoms with Crippen LogP contribution in [0, 0.1) is 0 Å². The van der Waals surface area contributed by atoms with E-state index in [4.69, 9.17) is 23.2 Å². The van der Waals surface area contributed by atoms with E-state index >= 15 is 0 Å². The molecule has 0 atom stereocenters. The molecular formula is C9H8Cl2F2N2S. The highest BCUT2D eigenvalue weighted by Gasteiger charge is 2.38. The van der Waals surface area contributed by atoms with Crippen LogP contribution < -0.4 is 0 Å². The molecule has 88 valence electrons. The second-order valence-corrected chi connectivity index (χ2v) is 5.45. The Hall–Kier alpha value is -0.100. The largest absolute Gasteiger partial charge is 0.262 e. The van der Waals surface area contributed by atoms with Crippen LogP contribution in [0.1, 0.15) is 6.42 Å². The van der Waals surface area contributed by atoms with Crippen molar-refractivity contribution in [2.24, 2.45) is 0 Å². The first-order valence-corrected chi connectivity index (χ1v) is 6.11. The lowest BCUT2D eigenvalue weighted by molar-refractivity contribution is 0.0190. The zero-order chi connectivity index (χ0) is 11.8. The Morgan fingerprint density at radius 3 is 2.44 bits per heavy atom. The summed E-state index contributed by atoms with van der Waals surface area (Å²) >= 11 is 12.7. The van der Waals surface area contributed by atoms with Gasteiger partial charge in [-0.25, -0.2) is 18.1 Å². The Bertz CT molecular complexity index is 383. The highest BCUT2D eigenvalue weighted by Crippen LogP contribution is 2.35. The lowest BCUT2D eigenvalue weighted by atomic mass is 10.3. The molecule has 2 rings (SSSR count). The van der Waals surface area contributed by atoms with E-state index in [0.29, 0.717) is 6.54 Å². The van der Waals surface area contributed by atoms with Gasteiger partial charge in [-0.1, -0.05) is 23.2 Å². The van der Waals surface area contributed by atoms with Crippen LogP contribution in [-0.2, 0) is 0 Å². The SMILES string of the molecule is FC1(F)CCN(Sc2cc(Cl)nc(Cl)c2)C1. The molecular weight excluding hydrogens is 277 g/mol. The number of halogens is 4. The Balaban J connectivity index is 2.05. The molecule has 0 N–H and O–H groups in total. The maximum absolute atomic E-state index is 12.9. The molecule has 0 aliphatic carbocycles. The maximum atomic E-state index is 12.9. The normalized spacial score (nSPS) is 20.2. The summed E-state index contributed by atoms with van der Waals surface area (Å²) < 4.78 is 27.5. The van der Waals surface area contributed by atoms with E-state index in [0.717, 1.165) is 4.90 Å². The van der Waals surface area contributed by atoms with Gasteiger partial charge >= 0.3 is 0 Å². The standard InChI is InChI=1S/C9H8Cl2F2N2S/c10-7-3-6(4-8(11)14-7)16-15-2-1-9(12,13)5-15/h3-4H,1-2,5H2. The summed E-state index contributed by atoms with van der Waals surface area (Å²) in [7, 11) is 0. The third-order valence-electron chi connectivity index (χ3n) is 2.11. The highest BCUT2D eigenvalue weighted by molar-refractivity contribution is 7.97. The number of hydrogen-bond acceptors (Lipinski definition) is 3. The molecule has 1 saturated heterocycles. The molecule has 1 aromatic heterocycles. The summed E-state index contributed by atoms with van der Waals surface area (Å²) in [6.45, 7) is 0.116. The molecule has 0 unspecified atom stereocenters. The van der Waals surface area contributed by atoms with Gasteiger partial charge in [-0.3, -0.25) is 0 Å². The van der Waals surface area contributed by atoms with Crippen molar-refractivity contribution < 1.29 is 8.78 Å². The molecule has 2 heterocycles. The maximum Gasteiger partial charge on any atom is 0.262 e. The number of nitrogens with zero attached hydrogens (tertiary/aromatic N) is 2. The summed E-state index contributed by atoms with van der Waals surface area (Å²) in [5.41, 5.74) is 0. The van der Waals surface area contributed by atoms with Gasteiger partial charge in [0.1, 0.15) is 10.3 Å². The molecule has 0 aromatic carbocycles. The fraction of sp³-hybridized carbons (Fsp3) is 0.444. The van der Waals surface area contributed by atoms with Crippen LogP contribution in [0.3, 0.4) is 0 Å². The van der Waals surface area contributed by atoms with E-state index in [9.17, 15) is 8.78 Å². The smallest absolute Gasteiger partial charge is 0.240 e. The van der Waals surface area contributed by atoms with Crippen LogP contribution in [0.25, 0.3) is 0 Å². The molecule has 0 saturated carbocycles. The molecule has 1 fully saturated rings. The minimum absolute atomic E-state index is 0.105. The Morgan fingerprint density at radius 1 is 1.31 bits per heavy atom. The molecule has 0 spiro atoms. The molecule has 0 radical (unpaired) electrons. The van der Waals surface area contributed by atoms with E-state index in [1.165, 1.54) is 11.9 Å². The molecule has 0 bridgehead atoms. The molecule has 2 nitrogen and oxygen atoms in total. The van der Waals surface area contributed by atoms with Gasteiger partial charge in [-0.05, 0) is 24.1 Å². The molecule has 16 heavy (non-hydrogen) atoms. The number of alkyl halides is 2. The summed E-state index contributed by atoms with van der Waals surface area (Å²) in [5, 5.41) is 0.530. The molecule has 0 amide bonds. The van der Waals surface area contributed by atoms with E-state index in [1.807, 2.05) is 0 Å². The number of hydrogen-bond donors (Lipinski definition) is 0. The molecule has 1 aliphatic heterocycles. The van der Waals surface area contributed by atoms with Crippen LogP contribution in [0.4, 0.5) is 8.78 Å². The fourth-order valence-electron chi connectivity index (χ4n) is 1.43. The first-order chi connectivity index (χ1) is 7.44. The van der Waals surface area contributed by atoms with E-state index < -0.39 is 5.92 Å². The predicted molar refractivity (Wildman–Crippen MR) is 61.3 cm³/mol. The monoisotopic (exact) mass is 284 g/mol. The van der Waals surface area contributed by atoms with Crippen LogP contribution in [-0.4, -0.2) is 28.3 Å². The van der Waals surface area contributed by atoms with Gasteiger partial charge in [0, 0.05) is 17.9 Å². The molecule has 1 aliphatic rings. The predicted octanol–water partition coefficient (Wildman–Crippen LogP) is 3.74. The first kappa shape index (κ1) is 12.4. The third kappa shape index (κ3) is 3.20. The topological polar surface area (TPSA) is 16.1 Å². The zero-order valence-corrected chi connectivity index (χ0v) is 10.4. The Morgan fingerprint density at radius 2 is 1.94 bits per heavy atom. The lowest BCUT2D eigenvalue weighted by Gasteiger charge is -2.14. The molecule has 1 aromatic rings. The van der Waals surface area contributed by atoms with Crippen molar-refractivity contribution in [3.05, 3.63) is 22.4 Å². The van der Waals surface area contributed by atoms with E-state index in [-0.39, 0.29) is 23.3 Å². The van der Waals surface area contributed by atoms with Crippen molar-refractivity contribution in [3.8, 4) is 0 Å². The lowest BCUT2D eigenvalue weighted by Crippen LogP contribution is -2.19. The Labute approximate surface area is 106 Å². The van der Waals surface area contributed by atoms with Crippen molar-refractivity contribution in [1.82, 2.24) is 9.29 Å².